The fraction of sp³-hybridized carbons (Fsp3) is 0.143. The summed E-state index contributed by atoms with van der Waals surface area (Å²) in [7, 11) is -6.71. The molecule has 0 saturated carbocycles. The average molecular weight is 760 g/mol. The van der Waals surface area contributed by atoms with Crippen molar-refractivity contribution in [2.75, 3.05) is 0 Å². The minimum atomic E-state index is -5.31. The third kappa shape index (κ3) is 7.64. The Kier molecular flexibility index (Phi) is 11.5. The van der Waals surface area contributed by atoms with Gasteiger partial charge < -0.3 is 0 Å². The first-order chi connectivity index (χ1) is 23.9. The summed E-state index contributed by atoms with van der Waals surface area (Å²) in [5.41, 5.74) is 0. The standard InChI is InChI=1S/2C18H15OSi.2C3H7O.Zr/c2*19-20(16-10-4-1-5-11-16,17-12-6-2-7-13-17)18-14-8-3-9-15-18;2*1-3(2)4;/h2*1-15H;2*3H,1-2H3;/q4*-1;+4. The average Bonchev–Trinajstić information content (AvgIpc) is 3.14. The maximum atomic E-state index is 8.04. The second-order valence-corrected chi connectivity index (χ2v) is 25.8. The summed E-state index contributed by atoms with van der Waals surface area (Å²) < 4.78 is 30.5. The predicted octanol–water partition coefficient (Wildman–Crippen LogP) is 6.02. The van der Waals surface area contributed by atoms with Crippen LogP contribution in [-0.2, 0) is 32.7 Å². The summed E-state index contributed by atoms with van der Waals surface area (Å²) in [5, 5.41) is 6.60. The molecule has 0 N–H and O–H groups in total. The van der Waals surface area contributed by atoms with Gasteiger partial charge in [-0.1, -0.05) is 0 Å². The van der Waals surface area contributed by atoms with Crippen molar-refractivity contribution in [1.82, 2.24) is 0 Å². The Morgan fingerprint density at radius 2 is 0.510 bits per heavy atom. The van der Waals surface area contributed by atoms with E-state index in [2.05, 4.69) is 210 Å². The first kappa shape index (κ1) is 35.3. The second kappa shape index (κ2) is 16.0. The summed E-state index contributed by atoms with van der Waals surface area (Å²) in [6.45, 7) is 8.20. The quantitative estimate of drug-likeness (QED) is 0.101. The van der Waals surface area contributed by atoms with E-state index in [1.165, 1.54) is 0 Å². The molecule has 0 aliphatic carbocycles. The van der Waals surface area contributed by atoms with Crippen molar-refractivity contribution in [2.24, 2.45) is 0 Å². The van der Waals surface area contributed by atoms with Crippen LogP contribution in [0.3, 0.4) is 0 Å². The molecule has 0 spiro atoms. The molecule has 6 aromatic carbocycles. The molecule has 0 aliphatic heterocycles. The topological polar surface area (TPSA) is 36.9 Å². The van der Waals surface area contributed by atoms with Gasteiger partial charge in [0.05, 0.1) is 0 Å². The summed E-state index contributed by atoms with van der Waals surface area (Å²) >= 11 is -5.31. The zero-order valence-electron chi connectivity index (χ0n) is 28.6. The van der Waals surface area contributed by atoms with Gasteiger partial charge in [-0.3, -0.25) is 0 Å². The Labute approximate surface area is 300 Å². The molecule has 0 unspecified atom stereocenters. The molecular weight excluding hydrogens is 716 g/mol. The molecule has 7 heteroatoms. The number of rotatable bonds is 14. The van der Waals surface area contributed by atoms with Crippen LogP contribution < -0.4 is 31.1 Å². The van der Waals surface area contributed by atoms with Gasteiger partial charge in [-0.2, -0.15) is 0 Å². The van der Waals surface area contributed by atoms with Crippen LogP contribution in [0.25, 0.3) is 0 Å². The van der Waals surface area contributed by atoms with Gasteiger partial charge in [0.25, 0.3) is 0 Å². The van der Waals surface area contributed by atoms with Gasteiger partial charge in [-0.25, -0.2) is 0 Å². The predicted molar refractivity (Wildman–Crippen MR) is 203 cm³/mol. The third-order valence-electron chi connectivity index (χ3n) is 8.40. The van der Waals surface area contributed by atoms with E-state index in [9.17, 15) is 0 Å². The molecule has 4 nitrogen and oxygen atoms in total. The molecule has 0 amide bonds. The zero-order chi connectivity index (χ0) is 34.2. The molecule has 0 aromatic heterocycles. The second-order valence-electron chi connectivity index (χ2n) is 12.6. The summed E-state index contributed by atoms with van der Waals surface area (Å²) in [6.07, 6.45) is -0.449. The fourth-order valence-corrected chi connectivity index (χ4v) is 30.3. The van der Waals surface area contributed by atoms with E-state index in [0.717, 1.165) is 31.1 Å². The number of benzene rings is 6. The molecule has 0 saturated heterocycles. The van der Waals surface area contributed by atoms with E-state index in [0.29, 0.717) is 0 Å². The van der Waals surface area contributed by atoms with Crippen LogP contribution in [0.15, 0.2) is 182 Å². The van der Waals surface area contributed by atoms with Gasteiger partial charge in [0.1, 0.15) is 0 Å². The molecule has 248 valence electrons. The van der Waals surface area contributed by atoms with E-state index in [-0.39, 0.29) is 12.2 Å². The summed E-state index contributed by atoms with van der Waals surface area (Å²) in [5.74, 6) is 0. The Balaban J connectivity index is 1.71. The van der Waals surface area contributed by atoms with E-state index in [1.54, 1.807) is 0 Å². The van der Waals surface area contributed by atoms with Gasteiger partial charge in [0.15, 0.2) is 0 Å². The zero-order valence-corrected chi connectivity index (χ0v) is 33.1. The van der Waals surface area contributed by atoms with E-state index < -0.39 is 38.7 Å². The molecule has 0 radical (unpaired) electrons. The van der Waals surface area contributed by atoms with E-state index in [4.69, 9.17) is 10.6 Å². The Morgan fingerprint density at radius 1 is 0.327 bits per heavy atom. The molecule has 6 rings (SSSR count). The van der Waals surface area contributed by atoms with Gasteiger partial charge in [0, 0.05) is 0 Å². The molecule has 0 heterocycles. The first-order valence-corrected chi connectivity index (χ1v) is 24.8. The van der Waals surface area contributed by atoms with Crippen LogP contribution >= 0.6 is 0 Å². The van der Waals surface area contributed by atoms with Gasteiger partial charge in [-0.05, 0) is 0 Å². The molecule has 0 atom stereocenters. The van der Waals surface area contributed by atoms with Gasteiger partial charge in [0.2, 0.25) is 0 Å². The Bertz CT molecular complexity index is 1530. The molecule has 49 heavy (non-hydrogen) atoms. The monoisotopic (exact) mass is 758 g/mol. The first-order valence-electron chi connectivity index (χ1n) is 17.0. The van der Waals surface area contributed by atoms with Crippen molar-refractivity contribution >= 4 is 47.8 Å². The molecule has 0 bridgehead atoms. The normalized spacial score (nSPS) is 12.4. The minimum absolute atomic E-state index is 0.224. The van der Waals surface area contributed by atoms with E-state index >= 15 is 0 Å². The molecular formula is C42H44O4Si2Zr. The molecule has 0 fully saturated rings. The Morgan fingerprint density at radius 3 is 0.673 bits per heavy atom. The van der Waals surface area contributed by atoms with Crippen LogP contribution in [-0.4, -0.2) is 28.8 Å². The van der Waals surface area contributed by atoms with Crippen LogP contribution in [0.4, 0.5) is 0 Å². The molecule has 0 aliphatic rings. The van der Waals surface area contributed by atoms with Crippen molar-refractivity contribution in [2.45, 2.75) is 39.9 Å². The van der Waals surface area contributed by atoms with Crippen molar-refractivity contribution in [1.29, 1.82) is 0 Å². The number of hydrogen-bond donors (Lipinski definition) is 0. The van der Waals surface area contributed by atoms with Crippen molar-refractivity contribution < 1.29 is 32.7 Å². The van der Waals surface area contributed by atoms with Crippen molar-refractivity contribution in [3.8, 4) is 0 Å². The SMILES string of the molecule is CC(C)[O][Zr]([O]C(C)C)([O][Si](c1ccccc1)(c1ccccc1)c1ccccc1)[O][Si](c1ccccc1)(c1ccccc1)c1ccccc1. The van der Waals surface area contributed by atoms with Crippen LogP contribution in [0.5, 0.6) is 0 Å². The van der Waals surface area contributed by atoms with Crippen molar-refractivity contribution in [3.05, 3.63) is 182 Å². The Hall–Kier alpha value is -3.52. The summed E-state index contributed by atoms with van der Waals surface area (Å²) in [4.78, 5) is 0. The van der Waals surface area contributed by atoms with Crippen LogP contribution in [0, 0.1) is 0 Å². The maximum absolute atomic E-state index is 8.04. The number of hydrogen-bond acceptors (Lipinski definition) is 4. The van der Waals surface area contributed by atoms with Crippen molar-refractivity contribution in [3.63, 3.8) is 0 Å². The summed E-state index contributed by atoms with van der Waals surface area (Å²) in [6, 6.07) is 63.6. The van der Waals surface area contributed by atoms with Crippen LogP contribution in [0.2, 0.25) is 0 Å². The third-order valence-corrected chi connectivity index (χ3v) is 28.3. The van der Waals surface area contributed by atoms with Gasteiger partial charge >= 0.3 is 302 Å². The fourth-order valence-electron chi connectivity index (χ4n) is 6.49. The van der Waals surface area contributed by atoms with Crippen LogP contribution in [0.1, 0.15) is 27.7 Å². The molecule has 6 aromatic rings. The van der Waals surface area contributed by atoms with E-state index in [1.807, 2.05) is 0 Å². The van der Waals surface area contributed by atoms with Gasteiger partial charge in [-0.15, -0.1) is 0 Å².